The molecule has 0 N–H and O–H groups in total. The first kappa shape index (κ1) is 35.7. The second-order valence-electron chi connectivity index (χ2n) is 16.5. The van der Waals surface area contributed by atoms with Gasteiger partial charge in [0.15, 0.2) is 0 Å². The molecule has 0 saturated carbocycles. The van der Waals surface area contributed by atoms with E-state index in [1.807, 2.05) is 46.9 Å². The Kier molecular flexibility index (Phi) is 7.69. The minimum absolute atomic E-state index is 0.881. The summed E-state index contributed by atoms with van der Waals surface area (Å²) >= 11 is 3.72. The van der Waals surface area contributed by atoms with Crippen molar-refractivity contribution in [1.82, 2.24) is 0 Å². The van der Waals surface area contributed by atoms with Crippen LogP contribution >= 0.6 is 22.7 Å². The van der Waals surface area contributed by atoms with Crippen molar-refractivity contribution in [2.75, 3.05) is 9.80 Å². The van der Waals surface area contributed by atoms with Gasteiger partial charge in [-0.2, -0.15) is 0 Å². The van der Waals surface area contributed by atoms with E-state index in [1.165, 1.54) is 51.1 Å². The summed E-state index contributed by atoms with van der Waals surface area (Å²) in [6.07, 6.45) is 0. The van der Waals surface area contributed by atoms with Crippen LogP contribution in [0.1, 0.15) is 0 Å². The molecule has 4 nitrogen and oxygen atoms in total. The normalized spacial score (nSPS) is 12.1. The number of fused-ring (bicyclic) bond motifs is 13. The predicted octanol–water partition coefficient (Wildman–Crippen LogP) is 18.3. The van der Waals surface area contributed by atoms with Gasteiger partial charge in [0.1, 0.15) is 22.3 Å². The van der Waals surface area contributed by atoms with Crippen molar-refractivity contribution in [3.05, 3.63) is 206 Å². The van der Waals surface area contributed by atoms with Crippen LogP contribution in [0.25, 0.3) is 95.0 Å². The number of nitrogens with zero attached hydrogens (tertiary/aromatic N) is 2. The smallest absolute Gasteiger partial charge is 0.137 e. The number of hydrogen-bond acceptors (Lipinski definition) is 6. The maximum atomic E-state index is 6.37. The Labute approximate surface area is 374 Å². The van der Waals surface area contributed by atoms with Gasteiger partial charge in [-0.05, 0) is 132 Å². The third-order valence-electron chi connectivity index (χ3n) is 12.8. The molecule has 14 aromatic rings. The number of rotatable bonds is 6. The lowest BCUT2D eigenvalue weighted by molar-refractivity contribution is 0.668. The third kappa shape index (κ3) is 5.53. The summed E-state index contributed by atoms with van der Waals surface area (Å²) in [5.41, 5.74) is 10.1. The first-order chi connectivity index (χ1) is 31.7. The maximum absolute atomic E-state index is 6.37. The van der Waals surface area contributed by atoms with Gasteiger partial charge in [0, 0.05) is 108 Å². The first-order valence-corrected chi connectivity index (χ1v) is 23.1. The highest BCUT2D eigenvalue weighted by Gasteiger charge is 2.20. The quantitative estimate of drug-likeness (QED) is 0.167. The zero-order valence-electron chi connectivity index (χ0n) is 34.2. The molecular formula is C58H34N2O2S2. The Hall–Kier alpha value is -7.90. The van der Waals surface area contributed by atoms with Crippen LogP contribution in [-0.4, -0.2) is 0 Å². The number of hydrogen-bond donors (Lipinski definition) is 0. The zero-order chi connectivity index (χ0) is 41.9. The third-order valence-corrected chi connectivity index (χ3v) is 15.0. The lowest BCUT2D eigenvalue weighted by Crippen LogP contribution is -2.09. The zero-order valence-corrected chi connectivity index (χ0v) is 35.8. The molecule has 0 aliphatic heterocycles. The SMILES string of the molecule is c1ccc(N(c2ccc3c(c2)oc2ccccc23)c2ccc3sc4cc5cc6c(cc5cc4c3c2)sc2ccc(N(c3ccccc3)c3ccc4c(c3)oc3ccccc34)cc26)cc1. The molecule has 6 heteroatoms. The average Bonchev–Trinajstić information content (AvgIpc) is 4.10. The van der Waals surface area contributed by atoms with Crippen molar-refractivity contribution in [2.45, 2.75) is 0 Å². The van der Waals surface area contributed by atoms with Crippen molar-refractivity contribution in [2.24, 2.45) is 0 Å². The molecule has 4 heterocycles. The van der Waals surface area contributed by atoms with Gasteiger partial charge in [-0.1, -0.05) is 72.8 Å². The van der Waals surface area contributed by atoms with E-state index >= 15 is 0 Å². The molecule has 0 spiro atoms. The molecule has 0 radical (unpaired) electrons. The molecule has 0 aliphatic rings. The van der Waals surface area contributed by atoms with Gasteiger partial charge in [-0.15, -0.1) is 22.7 Å². The van der Waals surface area contributed by atoms with Gasteiger partial charge in [0.05, 0.1) is 0 Å². The monoisotopic (exact) mass is 854 g/mol. The lowest BCUT2D eigenvalue weighted by Gasteiger charge is -2.25. The molecule has 0 amide bonds. The fraction of sp³-hybridized carbons (Fsp3) is 0. The molecule has 0 bridgehead atoms. The van der Waals surface area contributed by atoms with E-state index in [2.05, 4.69) is 192 Å². The summed E-state index contributed by atoms with van der Waals surface area (Å²) in [6.45, 7) is 0. The number of benzene rings is 10. The van der Waals surface area contributed by atoms with Gasteiger partial charge < -0.3 is 18.6 Å². The molecule has 0 fully saturated rings. The highest BCUT2D eigenvalue weighted by molar-refractivity contribution is 7.26. The van der Waals surface area contributed by atoms with E-state index in [-0.39, 0.29) is 0 Å². The minimum atomic E-state index is 0.881. The summed E-state index contributed by atoms with van der Waals surface area (Å²) in [5, 5.41) is 12.1. The van der Waals surface area contributed by atoms with Gasteiger partial charge in [0.2, 0.25) is 0 Å². The van der Waals surface area contributed by atoms with Crippen LogP contribution in [0.4, 0.5) is 34.1 Å². The van der Waals surface area contributed by atoms with E-state index in [4.69, 9.17) is 8.83 Å². The standard InChI is InChI=1S/C58H34N2O2S2/c1-3-11-37(12-4-1)59(41-19-23-45-43-15-7-9-17-51(43)61-53(45)33-41)39-21-25-55-49(31-39)47-27-35-30-58-48(28-36(35)29-57(47)63-55)50-32-40(22-26-56(50)64-58)60(38-13-5-2-6-14-38)42-20-24-46-44-16-8-10-18-52(44)62-54(46)34-42/h1-34H. The highest BCUT2D eigenvalue weighted by atomic mass is 32.1. The molecule has 0 aliphatic carbocycles. The van der Waals surface area contributed by atoms with Crippen LogP contribution in [-0.2, 0) is 0 Å². The Bertz CT molecular complexity index is 3890. The van der Waals surface area contributed by atoms with Crippen LogP contribution in [0.3, 0.4) is 0 Å². The van der Waals surface area contributed by atoms with Crippen molar-refractivity contribution >= 4 is 152 Å². The number of anilines is 6. The summed E-state index contributed by atoms with van der Waals surface area (Å²) in [7, 11) is 0. The maximum Gasteiger partial charge on any atom is 0.137 e. The molecule has 0 atom stereocenters. The topological polar surface area (TPSA) is 32.8 Å². The van der Waals surface area contributed by atoms with Gasteiger partial charge in [0.25, 0.3) is 0 Å². The predicted molar refractivity (Wildman–Crippen MR) is 274 cm³/mol. The number of thiophene rings is 2. The van der Waals surface area contributed by atoms with Crippen LogP contribution < -0.4 is 9.80 Å². The number of para-hydroxylation sites is 4. The van der Waals surface area contributed by atoms with Gasteiger partial charge >= 0.3 is 0 Å². The fourth-order valence-electron chi connectivity index (χ4n) is 9.80. The highest BCUT2D eigenvalue weighted by Crippen LogP contribution is 2.46. The molecule has 64 heavy (non-hydrogen) atoms. The molecular weight excluding hydrogens is 821 g/mol. The molecule has 0 saturated heterocycles. The second-order valence-corrected chi connectivity index (χ2v) is 18.7. The average molecular weight is 855 g/mol. The number of furan rings is 2. The van der Waals surface area contributed by atoms with Crippen molar-refractivity contribution in [1.29, 1.82) is 0 Å². The van der Waals surface area contributed by atoms with Crippen LogP contribution in [0.15, 0.2) is 215 Å². The van der Waals surface area contributed by atoms with Crippen molar-refractivity contribution in [3.8, 4) is 0 Å². The molecule has 10 aromatic carbocycles. The van der Waals surface area contributed by atoms with E-state index in [0.717, 1.165) is 78.0 Å². The largest absolute Gasteiger partial charge is 0.456 e. The summed E-state index contributed by atoms with van der Waals surface area (Å²) < 4.78 is 17.8. The van der Waals surface area contributed by atoms with Gasteiger partial charge in [-0.3, -0.25) is 0 Å². The Morgan fingerprint density at radius 3 is 1.09 bits per heavy atom. The Balaban J connectivity index is 0.885. The molecule has 0 unspecified atom stereocenters. The Morgan fingerprint density at radius 2 is 0.625 bits per heavy atom. The van der Waals surface area contributed by atoms with Crippen molar-refractivity contribution in [3.63, 3.8) is 0 Å². The van der Waals surface area contributed by atoms with Crippen LogP contribution in [0, 0.1) is 0 Å². The molecule has 300 valence electrons. The fourth-order valence-corrected chi connectivity index (χ4v) is 12.0. The van der Waals surface area contributed by atoms with Crippen LogP contribution in [0.5, 0.6) is 0 Å². The van der Waals surface area contributed by atoms with E-state index in [9.17, 15) is 0 Å². The molecule has 4 aromatic heterocycles. The minimum Gasteiger partial charge on any atom is -0.456 e. The van der Waals surface area contributed by atoms with E-state index in [1.54, 1.807) is 0 Å². The molecule has 14 rings (SSSR count). The van der Waals surface area contributed by atoms with E-state index in [0.29, 0.717) is 0 Å². The lowest BCUT2D eigenvalue weighted by atomic mass is 10.0. The summed E-state index contributed by atoms with van der Waals surface area (Å²) in [5.74, 6) is 0. The first-order valence-electron chi connectivity index (χ1n) is 21.5. The second kappa shape index (κ2) is 13.8. The van der Waals surface area contributed by atoms with Gasteiger partial charge in [-0.25, -0.2) is 0 Å². The van der Waals surface area contributed by atoms with Crippen LogP contribution in [0.2, 0.25) is 0 Å². The van der Waals surface area contributed by atoms with E-state index < -0.39 is 0 Å². The summed E-state index contributed by atoms with van der Waals surface area (Å²) in [4.78, 5) is 4.67. The summed E-state index contributed by atoms with van der Waals surface area (Å²) in [6, 6.07) is 74.3. The van der Waals surface area contributed by atoms with Crippen molar-refractivity contribution < 1.29 is 8.83 Å². The Morgan fingerprint density at radius 1 is 0.250 bits per heavy atom.